The number of anilines is 3. The molecule has 0 aliphatic rings. The van der Waals surface area contributed by atoms with Crippen LogP contribution in [0, 0.1) is 5.82 Å². The molecular formula is C10H10FN5O. The van der Waals surface area contributed by atoms with Crippen LogP contribution in [-0.4, -0.2) is 22.1 Å². The number of pyridine rings is 1. The van der Waals surface area contributed by atoms with Crippen molar-refractivity contribution >= 4 is 17.5 Å². The molecule has 6 nitrogen and oxygen atoms in total. The van der Waals surface area contributed by atoms with Crippen molar-refractivity contribution in [2.24, 2.45) is 0 Å². The van der Waals surface area contributed by atoms with Crippen molar-refractivity contribution in [3.63, 3.8) is 0 Å². The van der Waals surface area contributed by atoms with Crippen molar-refractivity contribution in [3.8, 4) is 5.88 Å². The molecular weight excluding hydrogens is 225 g/mol. The van der Waals surface area contributed by atoms with E-state index in [1.165, 1.54) is 19.4 Å². The van der Waals surface area contributed by atoms with Crippen molar-refractivity contribution in [2.45, 2.75) is 0 Å². The quantitative estimate of drug-likeness (QED) is 0.835. The standard InChI is InChI=1S/C10H10FN5O/c1-17-9-3-8(15-10(12)16-9)14-7-2-6(11)4-13-5-7/h2-5H,1H3,(H3,12,14,15,16). The first-order valence-corrected chi connectivity index (χ1v) is 4.73. The Morgan fingerprint density at radius 2 is 2.12 bits per heavy atom. The van der Waals surface area contributed by atoms with Crippen LogP contribution in [0.2, 0.25) is 0 Å². The second kappa shape index (κ2) is 4.60. The molecule has 3 N–H and O–H groups in total. The van der Waals surface area contributed by atoms with Gasteiger partial charge in [-0.15, -0.1) is 0 Å². The van der Waals surface area contributed by atoms with Gasteiger partial charge >= 0.3 is 0 Å². The summed E-state index contributed by atoms with van der Waals surface area (Å²) >= 11 is 0. The molecule has 0 aliphatic carbocycles. The van der Waals surface area contributed by atoms with Crippen LogP contribution in [0.4, 0.5) is 21.8 Å². The summed E-state index contributed by atoms with van der Waals surface area (Å²) in [4.78, 5) is 11.5. The molecule has 0 aromatic carbocycles. The number of nitrogen functional groups attached to an aromatic ring is 1. The Hall–Kier alpha value is -2.44. The molecule has 0 spiro atoms. The summed E-state index contributed by atoms with van der Waals surface area (Å²) in [5, 5.41) is 2.85. The van der Waals surface area contributed by atoms with Gasteiger partial charge in [-0.1, -0.05) is 0 Å². The van der Waals surface area contributed by atoms with Gasteiger partial charge in [-0.2, -0.15) is 9.97 Å². The van der Waals surface area contributed by atoms with E-state index in [9.17, 15) is 4.39 Å². The molecule has 7 heteroatoms. The second-order valence-corrected chi connectivity index (χ2v) is 3.17. The molecule has 17 heavy (non-hydrogen) atoms. The molecule has 2 aromatic rings. The van der Waals surface area contributed by atoms with Crippen LogP contribution >= 0.6 is 0 Å². The lowest BCUT2D eigenvalue weighted by Gasteiger charge is -2.07. The summed E-state index contributed by atoms with van der Waals surface area (Å²) in [7, 11) is 1.47. The zero-order valence-corrected chi connectivity index (χ0v) is 9.01. The Labute approximate surface area is 96.7 Å². The van der Waals surface area contributed by atoms with Crippen LogP contribution in [-0.2, 0) is 0 Å². The molecule has 0 radical (unpaired) electrons. The number of nitrogens with one attached hydrogen (secondary N) is 1. The monoisotopic (exact) mass is 235 g/mol. The van der Waals surface area contributed by atoms with Gasteiger partial charge in [0.1, 0.15) is 11.6 Å². The largest absolute Gasteiger partial charge is 0.481 e. The lowest BCUT2D eigenvalue weighted by atomic mass is 10.4. The third-order valence-electron chi connectivity index (χ3n) is 1.91. The average molecular weight is 235 g/mol. The molecule has 2 rings (SSSR count). The zero-order chi connectivity index (χ0) is 12.3. The van der Waals surface area contributed by atoms with Gasteiger partial charge < -0.3 is 15.8 Å². The van der Waals surface area contributed by atoms with E-state index in [0.29, 0.717) is 17.4 Å². The first-order chi connectivity index (χ1) is 8.17. The van der Waals surface area contributed by atoms with Gasteiger partial charge in [0.15, 0.2) is 0 Å². The number of rotatable bonds is 3. The molecule has 0 bridgehead atoms. The van der Waals surface area contributed by atoms with Crippen molar-refractivity contribution in [1.82, 2.24) is 15.0 Å². The number of nitrogens with zero attached hydrogens (tertiary/aromatic N) is 3. The fraction of sp³-hybridized carbons (Fsp3) is 0.100. The number of ether oxygens (including phenoxy) is 1. The average Bonchev–Trinajstić information content (AvgIpc) is 2.28. The van der Waals surface area contributed by atoms with Gasteiger partial charge in [-0.3, -0.25) is 4.98 Å². The summed E-state index contributed by atoms with van der Waals surface area (Å²) in [6, 6.07) is 2.83. The molecule has 88 valence electrons. The molecule has 2 heterocycles. The number of nitrogens with two attached hydrogens (primary N) is 1. The lowest BCUT2D eigenvalue weighted by molar-refractivity contribution is 0.398. The SMILES string of the molecule is COc1cc(Nc2cncc(F)c2)nc(N)n1. The molecule has 0 saturated heterocycles. The van der Waals surface area contributed by atoms with E-state index < -0.39 is 5.82 Å². The zero-order valence-electron chi connectivity index (χ0n) is 9.01. The number of hydrogen-bond acceptors (Lipinski definition) is 6. The first-order valence-electron chi connectivity index (χ1n) is 4.73. The summed E-state index contributed by atoms with van der Waals surface area (Å²) in [5.41, 5.74) is 5.95. The van der Waals surface area contributed by atoms with Crippen molar-refractivity contribution in [3.05, 3.63) is 30.3 Å². The molecule has 0 atom stereocenters. The van der Waals surface area contributed by atoms with Gasteiger partial charge in [0.05, 0.1) is 25.2 Å². The van der Waals surface area contributed by atoms with Crippen LogP contribution in [0.25, 0.3) is 0 Å². The highest BCUT2D eigenvalue weighted by molar-refractivity contribution is 5.56. The highest BCUT2D eigenvalue weighted by atomic mass is 19.1. The molecule has 2 aromatic heterocycles. The molecule has 0 unspecified atom stereocenters. The summed E-state index contributed by atoms with van der Waals surface area (Å²) in [6.07, 6.45) is 2.58. The predicted molar refractivity (Wildman–Crippen MR) is 60.5 cm³/mol. The fourth-order valence-electron chi connectivity index (χ4n) is 1.24. The highest BCUT2D eigenvalue weighted by Gasteiger charge is 2.03. The maximum atomic E-state index is 12.9. The normalized spacial score (nSPS) is 10.0. The lowest BCUT2D eigenvalue weighted by Crippen LogP contribution is -2.02. The minimum absolute atomic E-state index is 0.0659. The Balaban J connectivity index is 2.26. The molecule has 0 amide bonds. The maximum Gasteiger partial charge on any atom is 0.225 e. The molecule has 0 aliphatic heterocycles. The van der Waals surface area contributed by atoms with Crippen LogP contribution in [0.15, 0.2) is 24.5 Å². The van der Waals surface area contributed by atoms with Gasteiger partial charge in [0.25, 0.3) is 0 Å². The number of halogens is 1. The van der Waals surface area contributed by atoms with Crippen molar-refractivity contribution < 1.29 is 9.13 Å². The van der Waals surface area contributed by atoms with Gasteiger partial charge in [-0.05, 0) is 0 Å². The van der Waals surface area contributed by atoms with E-state index in [4.69, 9.17) is 10.5 Å². The van der Waals surface area contributed by atoms with Crippen LogP contribution < -0.4 is 15.8 Å². The third-order valence-corrected chi connectivity index (χ3v) is 1.91. The third kappa shape index (κ3) is 2.77. The van der Waals surface area contributed by atoms with E-state index in [-0.39, 0.29) is 5.95 Å². The summed E-state index contributed by atoms with van der Waals surface area (Å²) < 4.78 is 17.8. The minimum Gasteiger partial charge on any atom is -0.481 e. The van der Waals surface area contributed by atoms with Gasteiger partial charge in [0, 0.05) is 12.1 Å². The smallest absolute Gasteiger partial charge is 0.225 e. The minimum atomic E-state index is -0.441. The Kier molecular flexibility index (Phi) is 2.99. The Morgan fingerprint density at radius 3 is 2.82 bits per heavy atom. The van der Waals surface area contributed by atoms with Crippen LogP contribution in [0.1, 0.15) is 0 Å². The van der Waals surface area contributed by atoms with Gasteiger partial charge in [0.2, 0.25) is 11.8 Å². The van der Waals surface area contributed by atoms with Crippen LogP contribution in [0.3, 0.4) is 0 Å². The van der Waals surface area contributed by atoms with E-state index in [0.717, 1.165) is 6.20 Å². The topological polar surface area (TPSA) is 86.0 Å². The summed E-state index contributed by atoms with van der Waals surface area (Å²) in [5.74, 6) is 0.353. The van der Waals surface area contributed by atoms with Crippen LogP contribution in [0.5, 0.6) is 5.88 Å². The van der Waals surface area contributed by atoms with Crippen molar-refractivity contribution in [2.75, 3.05) is 18.2 Å². The Bertz CT molecular complexity index is 534. The second-order valence-electron chi connectivity index (χ2n) is 3.17. The van der Waals surface area contributed by atoms with Gasteiger partial charge in [-0.25, -0.2) is 4.39 Å². The summed E-state index contributed by atoms with van der Waals surface area (Å²) in [6.45, 7) is 0. The van der Waals surface area contributed by atoms with E-state index in [1.54, 1.807) is 6.07 Å². The van der Waals surface area contributed by atoms with E-state index in [2.05, 4.69) is 20.3 Å². The number of hydrogen-bond donors (Lipinski definition) is 2. The predicted octanol–water partition coefficient (Wildman–Crippen LogP) is 1.35. The Morgan fingerprint density at radius 1 is 1.29 bits per heavy atom. The first kappa shape index (κ1) is 11.1. The highest BCUT2D eigenvalue weighted by Crippen LogP contribution is 2.18. The number of methoxy groups -OCH3 is 1. The van der Waals surface area contributed by atoms with E-state index >= 15 is 0 Å². The maximum absolute atomic E-state index is 12.9. The van der Waals surface area contributed by atoms with E-state index in [1.807, 2.05) is 0 Å². The fourth-order valence-corrected chi connectivity index (χ4v) is 1.24. The molecule has 0 saturated carbocycles. The molecule has 0 fully saturated rings. The van der Waals surface area contributed by atoms with Crippen molar-refractivity contribution in [1.29, 1.82) is 0 Å². The number of aromatic nitrogens is 3.